The topological polar surface area (TPSA) is 108 Å². The van der Waals surface area contributed by atoms with E-state index in [0.717, 1.165) is 23.4 Å². The predicted molar refractivity (Wildman–Crippen MR) is 112 cm³/mol. The van der Waals surface area contributed by atoms with Crippen LogP contribution in [-0.2, 0) is 4.74 Å². The van der Waals surface area contributed by atoms with E-state index in [1.165, 1.54) is 24.2 Å². The van der Waals surface area contributed by atoms with Crippen molar-refractivity contribution in [1.82, 2.24) is 14.3 Å². The van der Waals surface area contributed by atoms with Gasteiger partial charge in [-0.15, -0.1) is 0 Å². The molecule has 1 fully saturated rings. The molecule has 0 unspecified atom stereocenters. The zero-order valence-corrected chi connectivity index (χ0v) is 16.7. The molecule has 3 aromatic rings. The lowest BCUT2D eigenvalue weighted by Gasteiger charge is -2.26. The van der Waals surface area contributed by atoms with E-state index in [9.17, 15) is 14.7 Å². The molecule has 3 N–H and O–H groups in total. The van der Waals surface area contributed by atoms with Crippen molar-refractivity contribution < 1.29 is 14.6 Å². The van der Waals surface area contributed by atoms with Gasteiger partial charge < -0.3 is 20.1 Å². The molecule has 1 aliphatic rings. The van der Waals surface area contributed by atoms with Crippen molar-refractivity contribution in [2.24, 2.45) is 0 Å². The third kappa shape index (κ3) is 4.23. The van der Waals surface area contributed by atoms with Gasteiger partial charge in [-0.25, -0.2) is 9.10 Å². The van der Waals surface area contributed by atoms with E-state index >= 15 is 0 Å². The molecule has 0 aliphatic carbocycles. The summed E-state index contributed by atoms with van der Waals surface area (Å²) in [6.45, 7) is 2.77. The summed E-state index contributed by atoms with van der Waals surface area (Å²) in [7, 11) is 0. The molecule has 0 spiro atoms. The average molecular weight is 433 g/mol. The number of anilines is 2. The van der Waals surface area contributed by atoms with Crippen LogP contribution in [0.15, 0.2) is 46.3 Å². The minimum absolute atomic E-state index is 0.0984. The van der Waals surface area contributed by atoms with Crippen LogP contribution in [0.2, 0.25) is 5.02 Å². The summed E-state index contributed by atoms with van der Waals surface area (Å²) in [6, 6.07) is 6.47. The van der Waals surface area contributed by atoms with Gasteiger partial charge in [0, 0.05) is 42.0 Å². The maximum Gasteiger partial charge on any atom is 0.343 e. The lowest BCUT2D eigenvalue weighted by atomic mass is 10.1. The van der Waals surface area contributed by atoms with E-state index in [1.54, 1.807) is 24.4 Å². The van der Waals surface area contributed by atoms with Crippen molar-refractivity contribution in [3.63, 3.8) is 0 Å². The highest BCUT2D eigenvalue weighted by Gasteiger charge is 2.20. The Labute approximate surface area is 175 Å². The number of hydrogen-bond donors (Lipinski definition) is 3. The fourth-order valence-electron chi connectivity index (χ4n) is 3.04. The lowest BCUT2D eigenvalue weighted by Crippen LogP contribution is -2.31. The minimum atomic E-state index is -1.31. The predicted octanol–water partition coefficient (Wildman–Crippen LogP) is 3.36. The van der Waals surface area contributed by atoms with E-state index in [2.05, 4.69) is 19.6 Å². The van der Waals surface area contributed by atoms with Gasteiger partial charge in [0.15, 0.2) is 5.43 Å². The fraction of sp³-hybridized carbons (Fsp3) is 0.211. The van der Waals surface area contributed by atoms with Crippen LogP contribution in [0, 0.1) is 0 Å². The summed E-state index contributed by atoms with van der Waals surface area (Å²) < 4.78 is 7.54. The number of carboxylic acids is 1. The summed E-state index contributed by atoms with van der Waals surface area (Å²) >= 11 is 7.70. The minimum Gasteiger partial charge on any atom is -0.477 e. The van der Waals surface area contributed by atoms with Gasteiger partial charge in [0.1, 0.15) is 11.4 Å². The molecule has 0 radical (unpaired) electrons. The van der Waals surface area contributed by atoms with Crippen molar-refractivity contribution in [3.05, 3.63) is 57.5 Å². The van der Waals surface area contributed by atoms with E-state index in [4.69, 9.17) is 16.3 Å². The molecular weight excluding hydrogens is 416 g/mol. The first-order valence-electron chi connectivity index (χ1n) is 8.84. The summed E-state index contributed by atoms with van der Waals surface area (Å²) in [5.74, 6) is -1.21. The number of carbonyl (C=O) groups is 1. The second-order valence-corrected chi connectivity index (χ2v) is 7.89. The number of rotatable bonds is 5. The number of pyridine rings is 2. The molecule has 0 amide bonds. The standard InChI is InChI=1S/C19H17ClN4O4S/c20-11-1-2-13-12(9-11)17(15(10-22-13)29-24-5-7-28-8-6-24)23-18-16(19(26)27)14(25)3-4-21-18/h1-4,9-10H,5-8H2,(H,26,27)(H2,21,22,23,25). The molecule has 3 heterocycles. The van der Waals surface area contributed by atoms with Gasteiger partial charge in [-0.05, 0) is 30.1 Å². The van der Waals surface area contributed by atoms with E-state index in [1.807, 2.05) is 0 Å². The smallest absolute Gasteiger partial charge is 0.343 e. The molecule has 1 saturated heterocycles. The number of benzene rings is 1. The number of halogens is 1. The summed E-state index contributed by atoms with van der Waals surface area (Å²) in [4.78, 5) is 31.8. The van der Waals surface area contributed by atoms with Crippen LogP contribution >= 0.6 is 23.5 Å². The van der Waals surface area contributed by atoms with Gasteiger partial charge in [-0.3, -0.25) is 9.78 Å². The number of ether oxygens (including phenoxy) is 1. The van der Waals surface area contributed by atoms with Crippen molar-refractivity contribution in [2.45, 2.75) is 4.90 Å². The molecule has 0 atom stereocenters. The number of hydrogen-bond acceptors (Lipinski definition) is 7. The first-order chi connectivity index (χ1) is 14.0. The van der Waals surface area contributed by atoms with E-state index in [-0.39, 0.29) is 11.4 Å². The Bertz CT molecular complexity index is 1130. The van der Waals surface area contributed by atoms with Crippen LogP contribution in [0.4, 0.5) is 11.5 Å². The number of aromatic nitrogens is 2. The maximum absolute atomic E-state index is 12.1. The van der Waals surface area contributed by atoms with Crippen molar-refractivity contribution in [1.29, 1.82) is 0 Å². The number of fused-ring (bicyclic) bond motifs is 1. The summed E-state index contributed by atoms with van der Waals surface area (Å²) in [5.41, 5.74) is 0.371. The Morgan fingerprint density at radius 3 is 2.86 bits per heavy atom. The SMILES string of the molecule is O=C(O)c1c(Nc2c(SN3CCOCC3)cnc3ccc(Cl)cc23)[nH]ccc1=O. The number of carboxylic acid groups (broad SMARTS) is 1. The first kappa shape index (κ1) is 19.7. The van der Waals surface area contributed by atoms with Crippen molar-refractivity contribution >= 4 is 51.9 Å². The zero-order valence-electron chi connectivity index (χ0n) is 15.1. The number of nitrogens with one attached hydrogen (secondary N) is 2. The fourth-order valence-corrected chi connectivity index (χ4v) is 4.17. The molecule has 0 bridgehead atoms. The summed E-state index contributed by atoms with van der Waals surface area (Å²) in [5, 5.41) is 13.8. The highest BCUT2D eigenvalue weighted by Crippen LogP contribution is 2.37. The lowest BCUT2D eigenvalue weighted by molar-refractivity contribution is 0.0696. The Balaban J connectivity index is 1.83. The second-order valence-electron chi connectivity index (χ2n) is 6.31. The van der Waals surface area contributed by atoms with Crippen molar-refractivity contribution in [2.75, 3.05) is 31.6 Å². The van der Waals surface area contributed by atoms with Crippen LogP contribution in [0.5, 0.6) is 0 Å². The average Bonchev–Trinajstić information content (AvgIpc) is 2.70. The van der Waals surface area contributed by atoms with E-state index < -0.39 is 11.4 Å². The number of aromatic carboxylic acids is 1. The van der Waals surface area contributed by atoms with Gasteiger partial charge in [0.2, 0.25) is 0 Å². The highest BCUT2D eigenvalue weighted by atomic mass is 35.5. The van der Waals surface area contributed by atoms with Gasteiger partial charge in [0.05, 0.1) is 29.3 Å². The zero-order chi connectivity index (χ0) is 20.4. The number of H-pyrrole nitrogens is 1. The molecular formula is C19H17ClN4O4S. The van der Waals surface area contributed by atoms with Crippen LogP contribution in [0.3, 0.4) is 0 Å². The molecule has 0 saturated carbocycles. The molecule has 1 aromatic carbocycles. The van der Waals surface area contributed by atoms with Crippen LogP contribution in [-0.4, -0.2) is 51.7 Å². The third-order valence-electron chi connectivity index (χ3n) is 4.42. The van der Waals surface area contributed by atoms with Crippen LogP contribution in [0.25, 0.3) is 10.9 Å². The molecule has 10 heteroatoms. The van der Waals surface area contributed by atoms with Crippen LogP contribution < -0.4 is 10.7 Å². The quantitative estimate of drug-likeness (QED) is 0.527. The number of morpholine rings is 1. The monoisotopic (exact) mass is 432 g/mol. The molecule has 29 heavy (non-hydrogen) atoms. The largest absolute Gasteiger partial charge is 0.477 e. The Kier molecular flexibility index (Phi) is 5.72. The highest BCUT2D eigenvalue weighted by molar-refractivity contribution is 7.97. The van der Waals surface area contributed by atoms with Gasteiger partial charge in [-0.2, -0.15) is 0 Å². The molecule has 150 valence electrons. The van der Waals surface area contributed by atoms with Gasteiger partial charge in [-0.1, -0.05) is 11.6 Å². The molecule has 1 aliphatic heterocycles. The second kappa shape index (κ2) is 8.42. The van der Waals surface area contributed by atoms with Gasteiger partial charge >= 0.3 is 5.97 Å². The van der Waals surface area contributed by atoms with Gasteiger partial charge in [0.25, 0.3) is 0 Å². The molecule has 4 rings (SSSR count). The molecule has 8 nitrogen and oxygen atoms in total. The Hall–Kier alpha value is -2.59. The number of nitrogens with zero attached hydrogens (tertiary/aromatic N) is 2. The number of aromatic amines is 1. The molecule has 2 aromatic heterocycles. The van der Waals surface area contributed by atoms with Crippen molar-refractivity contribution in [3.8, 4) is 0 Å². The van der Waals surface area contributed by atoms with E-state index in [0.29, 0.717) is 29.4 Å². The third-order valence-corrected chi connectivity index (χ3v) is 5.78. The maximum atomic E-state index is 12.1. The first-order valence-corrected chi connectivity index (χ1v) is 9.99. The summed E-state index contributed by atoms with van der Waals surface area (Å²) in [6.07, 6.45) is 3.13. The Morgan fingerprint density at radius 2 is 2.10 bits per heavy atom. The van der Waals surface area contributed by atoms with Crippen LogP contribution in [0.1, 0.15) is 10.4 Å². The Morgan fingerprint density at radius 1 is 1.31 bits per heavy atom. The normalized spacial score (nSPS) is 14.8.